The highest BCUT2D eigenvalue weighted by Gasteiger charge is 2.32. The minimum atomic E-state index is -3.14. The summed E-state index contributed by atoms with van der Waals surface area (Å²) in [7, 11) is -1.66. The van der Waals surface area contributed by atoms with Crippen molar-refractivity contribution in [2.24, 2.45) is 0 Å². The average molecular weight is 347 g/mol. The molecule has 6 heteroatoms. The summed E-state index contributed by atoms with van der Waals surface area (Å²) in [4.78, 5) is 2.20. The smallest absolute Gasteiger partial charge is 0.215 e. The highest BCUT2D eigenvalue weighted by atomic mass is 79.9. The molecule has 0 aliphatic carbocycles. The second-order valence-electron chi connectivity index (χ2n) is 4.92. The van der Waals surface area contributed by atoms with E-state index in [1.54, 1.807) is 0 Å². The zero-order chi connectivity index (χ0) is 14.0. The van der Waals surface area contributed by atoms with Crippen molar-refractivity contribution in [1.29, 1.82) is 0 Å². The molecule has 0 saturated carbocycles. The minimum Gasteiger partial charge on any atom is -0.298 e. The van der Waals surface area contributed by atoms with Gasteiger partial charge in [0.2, 0.25) is 10.0 Å². The van der Waals surface area contributed by atoms with Crippen LogP contribution in [0.4, 0.5) is 0 Å². The van der Waals surface area contributed by atoms with Gasteiger partial charge in [-0.05, 0) is 44.1 Å². The summed E-state index contributed by atoms with van der Waals surface area (Å²) < 4.78 is 27.1. The van der Waals surface area contributed by atoms with E-state index in [0.717, 1.165) is 17.6 Å². The lowest BCUT2D eigenvalue weighted by molar-refractivity contribution is 0.330. The van der Waals surface area contributed by atoms with E-state index >= 15 is 0 Å². The largest absolute Gasteiger partial charge is 0.298 e. The van der Waals surface area contributed by atoms with E-state index in [9.17, 15) is 8.42 Å². The first-order valence-electron chi connectivity index (χ1n) is 6.32. The summed E-state index contributed by atoms with van der Waals surface area (Å²) >= 11 is 3.53. The molecule has 106 valence electrons. The number of rotatable bonds is 4. The predicted molar refractivity (Wildman–Crippen MR) is 80.5 cm³/mol. The van der Waals surface area contributed by atoms with Crippen LogP contribution in [0.5, 0.6) is 0 Å². The number of sulfonamides is 1. The molecule has 0 unspecified atom stereocenters. The first-order chi connectivity index (χ1) is 8.94. The maximum Gasteiger partial charge on any atom is 0.215 e. The third-order valence-electron chi connectivity index (χ3n) is 3.73. The van der Waals surface area contributed by atoms with Gasteiger partial charge in [-0.3, -0.25) is 4.90 Å². The van der Waals surface area contributed by atoms with E-state index in [0.29, 0.717) is 13.0 Å². The van der Waals surface area contributed by atoms with E-state index in [1.807, 2.05) is 12.1 Å². The Hall–Kier alpha value is -0.430. The molecule has 1 aliphatic heterocycles. The molecular weight excluding hydrogens is 328 g/mol. The van der Waals surface area contributed by atoms with E-state index in [-0.39, 0.29) is 5.25 Å². The van der Waals surface area contributed by atoms with Crippen LogP contribution in [0.15, 0.2) is 22.7 Å². The minimum absolute atomic E-state index is 0.287. The molecule has 1 N–H and O–H groups in total. The van der Waals surface area contributed by atoms with Gasteiger partial charge in [0, 0.05) is 17.6 Å². The Morgan fingerprint density at radius 2 is 2.21 bits per heavy atom. The highest BCUT2D eigenvalue weighted by molar-refractivity contribution is 9.10. The molecule has 1 aliphatic rings. The molecule has 4 nitrogen and oxygen atoms in total. The number of nitrogens with zero attached hydrogens (tertiary/aromatic N) is 1. The lowest BCUT2D eigenvalue weighted by Gasteiger charge is -2.18. The van der Waals surface area contributed by atoms with Crippen molar-refractivity contribution in [3.8, 4) is 0 Å². The standard InChI is InChI=1S/C13H19BrN2O2S/c1-10-11(4-3-5-13(10)14)8-16-7-6-12(9-16)19(17,18)15-2/h3-5,12,15H,6-9H2,1-2H3/t12-/m0/s1. The van der Waals surface area contributed by atoms with Crippen molar-refractivity contribution in [1.82, 2.24) is 9.62 Å². The fraction of sp³-hybridized carbons (Fsp3) is 0.538. The van der Waals surface area contributed by atoms with Crippen molar-refractivity contribution in [2.75, 3.05) is 20.1 Å². The first kappa shape index (κ1) is 15.0. The normalized spacial score (nSPS) is 20.9. The van der Waals surface area contributed by atoms with Crippen LogP contribution in [0.1, 0.15) is 17.5 Å². The summed E-state index contributed by atoms with van der Waals surface area (Å²) in [6.45, 7) is 4.32. The fourth-order valence-electron chi connectivity index (χ4n) is 2.42. The molecular formula is C13H19BrN2O2S. The van der Waals surface area contributed by atoms with Gasteiger partial charge in [-0.2, -0.15) is 0 Å². The summed E-state index contributed by atoms with van der Waals surface area (Å²) in [6, 6.07) is 6.14. The van der Waals surface area contributed by atoms with Crippen LogP contribution < -0.4 is 4.72 Å². The molecule has 19 heavy (non-hydrogen) atoms. The average Bonchev–Trinajstić information content (AvgIpc) is 2.84. The van der Waals surface area contributed by atoms with Gasteiger partial charge in [-0.25, -0.2) is 13.1 Å². The van der Waals surface area contributed by atoms with Crippen LogP contribution in [-0.2, 0) is 16.6 Å². The first-order valence-corrected chi connectivity index (χ1v) is 8.66. The van der Waals surface area contributed by atoms with Crippen LogP contribution in [0, 0.1) is 6.92 Å². The lowest BCUT2D eigenvalue weighted by atomic mass is 10.1. The van der Waals surface area contributed by atoms with Crippen LogP contribution in [-0.4, -0.2) is 38.7 Å². The molecule has 0 aromatic heterocycles. The summed E-state index contributed by atoms with van der Waals surface area (Å²) in [6.07, 6.45) is 0.705. The highest BCUT2D eigenvalue weighted by Crippen LogP contribution is 2.23. The van der Waals surface area contributed by atoms with E-state index < -0.39 is 10.0 Å². The zero-order valence-corrected chi connectivity index (χ0v) is 13.6. The second-order valence-corrected chi connectivity index (χ2v) is 7.94. The van der Waals surface area contributed by atoms with Crippen LogP contribution in [0.2, 0.25) is 0 Å². The fourth-order valence-corrected chi connectivity index (χ4v) is 3.99. The lowest BCUT2D eigenvalue weighted by Crippen LogP contribution is -2.34. The molecule has 2 rings (SSSR count). The van der Waals surface area contributed by atoms with Gasteiger partial charge < -0.3 is 0 Å². The van der Waals surface area contributed by atoms with Gasteiger partial charge >= 0.3 is 0 Å². The van der Waals surface area contributed by atoms with Crippen molar-refractivity contribution >= 4 is 26.0 Å². The monoisotopic (exact) mass is 346 g/mol. The van der Waals surface area contributed by atoms with E-state index in [4.69, 9.17) is 0 Å². The number of likely N-dealkylation sites (tertiary alicyclic amines) is 1. The van der Waals surface area contributed by atoms with Crippen molar-refractivity contribution in [2.45, 2.75) is 25.1 Å². The number of benzene rings is 1. The van der Waals surface area contributed by atoms with Gasteiger partial charge in [-0.1, -0.05) is 28.1 Å². The number of hydrogen-bond donors (Lipinski definition) is 1. The van der Waals surface area contributed by atoms with Gasteiger partial charge in [-0.15, -0.1) is 0 Å². The molecule has 1 atom stereocenters. The Morgan fingerprint density at radius 1 is 1.47 bits per heavy atom. The van der Waals surface area contributed by atoms with Crippen molar-refractivity contribution in [3.63, 3.8) is 0 Å². The van der Waals surface area contributed by atoms with Gasteiger partial charge in [0.25, 0.3) is 0 Å². The molecule has 1 saturated heterocycles. The van der Waals surface area contributed by atoms with Crippen molar-refractivity contribution < 1.29 is 8.42 Å². The third kappa shape index (κ3) is 3.37. The van der Waals surface area contributed by atoms with Crippen LogP contribution in [0.25, 0.3) is 0 Å². The van der Waals surface area contributed by atoms with Crippen LogP contribution >= 0.6 is 15.9 Å². The topological polar surface area (TPSA) is 49.4 Å². The van der Waals surface area contributed by atoms with Gasteiger partial charge in [0.15, 0.2) is 0 Å². The Bertz CT molecular complexity index is 560. The summed E-state index contributed by atoms with van der Waals surface area (Å²) in [5.41, 5.74) is 2.47. The van der Waals surface area contributed by atoms with E-state index in [2.05, 4.69) is 38.5 Å². The maximum absolute atomic E-state index is 11.8. The Labute approximate surface area is 123 Å². The maximum atomic E-state index is 11.8. The number of nitrogens with one attached hydrogen (secondary N) is 1. The SMILES string of the molecule is CNS(=O)(=O)[C@H]1CCN(Cc2cccc(Br)c2C)C1. The summed E-state index contributed by atoms with van der Waals surface area (Å²) in [5.74, 6) is 0. The molecule has 0 bridgehead atoms. The molecule has 1 heterocycles. The Balaban J connectivity index is 2.05. The second kappa shape index (κ2) is 5.91. The summed E-state index contributed by atoms with van der Waals surface area (Å²) in [5, 5.41) is -0.287. The molecule has 1 aromatic carbocycles. The van der Waals surface area contributed by atoms with E-state index in [1.165, 1.54) is 18.2 Å². The predicted octanol–water partition coefficient (Wildman–Crippen LogP) is 1.88. The number of hydrogen-bond acceptors (Lipinski definition) is 3. The molecule has 1 aromatic rings. The molecule has 0 radical (unpaired) electrons. The zero-order valence-electron chi connectivity index (χ0n) is 11.2. The van der Waals surface area contributed by atoms with Crippen molar-refractivity contribution in [3.05, 3.63) is 33.8 Å². The number of halogens is 1. The van der Waals surface area contributed by atoms with Gasteiger partial charge in [0.1, 0.15) is 0 Å². The molecule has 0 amide bonds. The Kier molecular flexibility index (Phi) is 4.66. The Morgan fingerprint density at radius 3 is 2.89 bits per heavy atom. The molecule has 0 spiro atoms. The molecule has 1 fully saturated rings. The quantitative estimate of drug-likeness (QED) is 0.905. The van der Waals surface area contributed by atoms with Crippen LogP contribution in [0.3, 0.4) is 0 Å². The van der Waals surface area contributed by atoms with Gasteiger partial charge in [0.05, 0.1) is 5.25 Å². The third-order valence-corrected chi connectivity index (χ3v) is 6.42.